The molecule has 4 heterocycles. The molecule has 0 aliphatic heterocycles. The Morgan fingerprint density at radius 3 is 2.58 bits per heavy atom. The Balaban J connectivity index is 1.86. The fourth-order valence-corrected chi connectivity index (χ4v) is 3.44. The van der Waals surface area contributed by atoms with Crippen LogP contribution >= 0.6 is 0 Å². The van der Waals surface area contributed by atoms with Gasteiger partial charge in [-0.15, -0.1) is 0 Å². The molecule has 5 rings (SSSR count). The molecule has 26 heavy (non-hydrogen) atoms. The van der Waals surface area contributed by atoms with Crippen LogP contribution in [0.5, 0.6) is 0 Å². The Labute approximate surface area is 150 Å². The Kier molecular flexibility index (Phi) is 3.28. The van der Waals surface area contributed by atoms with Gasteiger partial charge in [-0.05, 0) is 49.4 Å². The molecule has 0 atom stereocenters. The Morgan fingerprint density at radius 2 is 1.73 bits per heavy atom. The Hall–Kier alpha value is -3.53. The predicted octanol–water partition coefficient (Wildman–Crippen LogP) is 4.94. The fourth-order valence-electron chi connectivity index (χ4n) is 3.44. The lowest BCUT2D eigenvalue weighted by Gasteiger charge is -2.08. The molecule has 0 amide bonds. The van der Waals surface area contributed by atoms with Crippen LogP contribution in [0.2, 0.25) is 0 Å². The molecule has 0 spiro atoms. The molecular formula is C22H16N4. The summed E-state index contributed by atoms with van der Waals surface area (Å²) in [7, 11) is 0. The molecule has 5 aromatic rings. The van der Waals surface area contributed by atoms with Crippen molar-refractivity contribution in [1.29, 1.82) is 0 Å². The number of para-hydroxylation sites is 1. The summed E-state index contributed by atoms with van der Waals surface area (Å²) in [6, 6.07) is 20.6. The second-order valence-corrected chi connectivity index (χ2v) is 6.32. The first-order valence-corrected chi connectivity index (χ1v) is 8.55. The van der Waals surface area contributed by atoms with E-state index in [0.717, 1.165) is 44.6 Å². The van der Waals surface area contributed by atoms with Gasteiger partial charge in [-0.25, -0.2) is 4.98 Å². The first-order valence-electron chi connectivity index (χ1n) is 8.55. The number of rotatable bonds is 2. The van der Waals surface area contributed by atoms with E-state index < -0.39 is 0 Å². The summed E-state index contributed by atoms with van der Waals surface area (Å²) in [4.78, 5) is 13.6. The lowest BCUT2D eigenvalue weighted by molar-refractivity contribution is 1.13. The average molecular weight is 336 g/mol. The second-order valence-electron chi connectivity index (χ2n) is 6.32. The van der Waals surface area contributed by atoms with E-state index >= 15 is 0 Å². The summed E-state index contributed by atoms with van der Waals surface area (Å²) >= 11 is 0. The van der Waals surface area contributed by atoms with Crippen molar-refractivity contribution in [3.63, 3.8) is 0 Å². The molecule has 0 radical (unpaired) electrons. The van der Waals surface area contributed by atoms with Crippen LogP contribution in [0.1, 0.15) is 5.69 Å². The molecule has 4 heteroatoms. The molecule has 0 aliphatic carbocycles. The van der Waals surface area contributed by atoms with E-state index in [1.807, 2.05) is 55.8 Å². The molecule has 0 aliphatic rings. The SMILES string of the molecule is Cc1cc(-c2ccc3c4cnccc4n(-c4ccccc4)c3n2)ccn1. The maximum atomic E-state index is 5.01. The Morgan fingerprint density at radius 1 is 0.846 bits per heavy atom. The third-order valence-corrected chi connectivity index (χ3v) is 4.62. The van der Waals surface area contributed by atoms with Gasteiger partial charge < -0.3 is 0 Å². The maximum absolute atomic E-state index is 5.01. The molecule has 0 saturated heterocycles. The van der Waals surface area contributed by atoms with Crippen LogP contribution in [0.25, 0.3) is 38.9 Å². The van der Waals surface area contributed by atoms with Gasteiger partial charge in [0.05, 0.1) is 11.2 Å². The van der Waals surface area contributed by atoms with E-state index in [1.165, 1.54) is 0 Å². The lowest BCUT2D eigenvalue weighted by Crippen LogP contribution is -1.96. The lowest BCUT2D eigenvalue weighted by atomic mass is 10.1. The van der Waals surface area contributed by atoms with Crippen molar-refractivity contribution in [3.05, 3.63) is 84.9 Å². The van der Waals surface area contributed by atoms with Crippen LogP contribution < -0.4 is 0 Å². The van der Waals surface area contributed by atoms with Crippen molar-refractivity contribution in [2.45, 2.75) is 6.92 Å². The summed E-state index contributed by atoms with van der Waals surface area (Å²) in [5.74, 6) is 0. The summed E-state index contributed by atoms with van der Waals surface area (Å²) < 4.78 is 2.20. The smallest absolute Gasteiger partial charge is 0.146 e. The number of hydrogen-bond donors (Lipinski definition) is 0. The van der Waals surface area contributed by atoms with Crippen molar-refractivity contribution in [3.8, 4) is 16.9 Å². The third-order valence-electron chi connectivity index (χ3n) is 4.62. The van der Waals surface area contributed by atoms with Crippen LogP contribution in [0.15, 0.2) is 79.3 Å². The topological polar surface area (TPSA) is 43.6 Å². The number of aromatic nitrogens is 4. The second kappa shape index (κ2) is 5.77. The minimum absolute atomic E-state index is 0.936. The van der Waals surface area contributed by atoms with Gasteiger partial charge >= 0.3 is 0 Å². The number of pyridine rings is 3. The molecule has 0 N–H and O–H groups in total. The monoisotopic (exact) mass is 336 g/mol. The number of hydrogen-bond acceptors (Lipinski definition) is 3. The van der Waals surface area contributed by atoms with E-state index in [0.29, 0.717) is 0 Å². The largest absolute Gasteiger partial charge is 0.294 e. The van der Waals surface area contributed by atoms with Gasteiger partial charge in [-0.2, -0.15) is 0 Å². The van der Waals surface area contributed by atoms with E-state index in [-0.39, 0.29) is 0 Å². The van der Waals surface area contributed by atoms with Crippen molar-refractivity contribution < 1.29 is 0 Å². The van der Waals surface area contributed by atoms with Gasteiger partial charge in [-0.1, -0.05) is 18.2 Å². The van der Waals surface area contributed by atoms with E-state index in [9.17, 15) is 0 Å². The molecule has 4 nitrogen and oxygen atoms in total. The number of benzene rings is 1. The van der Waals surface area contributed by atoms with Crippen molar-refractivity contribution >= 4 is 21.9 Å². The zero-order chi connectivity index (χ0) is 17.5. The van der Waals surface area contributed by atoms with E-state index in [1.54, 1.807) is 0 Å². The van der Waals surface area contributed by atoms with E-state index in [2.05, 4.69) is 44.9 Å². The quantitative estimate of drug-likeness (QED) is 0.458. The van der Waals surface area contributed by atoms with Crippen LogP contribution in [-0.2, 0) is 0 Å². The minimum atomic E-state index is 0.936. The zero-order valence-corrected chi connectivity index (χ0v) is 14.3. The highest BCUT2D eigenvalue weighted by molar-refractivity contribution is 6.07. The van der Waals surface area contributed by atoms with E-state index in [4.69, 9.17) is 4.98 Å². The number of nitrogens with zero attached hydrogens (tertiary/aromatic N) is 4. The molecule has 0 fully saturated rings. The van der Waals surface area contributed by atoms with Crippen LogP contribution in [0, 0.1) is 6.92 Å². The van der Waals surface area contributed by atoms with Gasteiger partial charge in [0, 0.05) is 46.3 Å². The first kappa shape index (κ1) is 14.8. The molecule has 4 aromatic heterocycles. The molecule has 0 saturated carbocycles. The number of fused-ring (bicyclic) bond motifs is 3. The fraction of sp³-hybridized carbons (Fsp3) is 0.0455. The Bertz CT molecular complexity index is 1240. The molecule has 1 aromatic carbocycles. The van der Waals surface area contributed by atoms with Crippen LogP contribution in [0.4, 0.5) is 0 Å². The molecular weight excluding hydrogens is 320 g/mol. The van der Waals surface area contributed by atoms with Crippen molar-refractivity contribution in [2.24, 2.45) is 0 Å². The van der Waals surface area contributed by atoms with Gasteiger partial charge in [0.1, 0.15) is 5.65 Å². The predicted molar refractivity (Wildman–Crippen MR) is 104 cm³/mol. The summed E-state index contributed by atoms with van der Waals surface area (Å²) in [5.41, 5.74) is 6.13. The standard InChI is InChI=1S/C22H16N4/c1-15-13-16(9-12-24-15)20-8-7-18-19-14-23-11-10-21(19)26(22(18)25-20)17-5-3-2-4-6-17/h2-14H,1H3. The summed E-state index contributed by atoms with van der Waals surface area (Å²) in [6.45, 7) is 1.99. The van der Waals surface area contributed by atoms with Crippen molar-refractivity contribution in [1.82, 2.24) is 19.5 Å². The van der Waals surface area contributed by atoms with Crippen molar-refractivity contribution in [2.75, 3.05) is 0 Å². The minimum Gasteiger partial charge on any atom is -0.294 e. The molecule has 0 bridgehead atoms. The maximum Gasteiger partial charge on any atom is 0.146 e. The highest BCUT2D eigenvalue weighted by atomic mass is 15.1. The third kappa shape index (κ3) is 2.27. The van der Waals surface area contributed by atoms with Gasteiger partial charge in [-0.3, -0.25) is 14.5 Å². The first-order chi connectivity index (χ1) is 12.8. The van der Waals surface area contributed by atoms with Gasteiger partial charge in [0.2, 0.25) is 0 Å². The van der Waals surface area contributed by atoms with Gasteiger partial charge in [0.15, 0.2) is 0 Å². The van der Waals surface area contributed by atoms with Gasteiger partial charge in [0.25, 0.3) is 0 Å². The normalized spacial score (nSPS) is 11.3. The van der Waals surface area contributed by atoms with Crippen LogP contribution in [0.3, 0.4) is 0 Å². The highest BCUT2D eigenvalue weighted by Crippen LogP contribution is 2.32. The zero-order valence-electron chi connectivity index (χ0n) is 14.3. The average Bonchev–Trinajstić information content (AvgIpc) is 3.02. The summed E-state index contributed by atoms with van der Waals surface area (Å²) in [5, 5.41) is 2.21. The number of aryl methyl sites for hydroxylation is 1. The van der Waals surface area contributed by atoms with Crippen LogP contribution in [-0.4, -0.2) is 19.5 Å². The molecule has 0 unspecified atom stereocenters. The molecule has 124 valence electrons. The highest BCUT2D eigenvalue weighted by Gasteiger charge is 2.14. The summed E-state index contributed by atoms with van der Waals surface area (Å²) in [6.07, 6.45) is 5.57.